The molecule has 0 bridgehead atoms. The van der Waals surface area contributed by atoms with Gasteiger partial charge in [0, 0.05) is 13.2 Å². The van der Waals surface area contributed by atoms with Crippen LogP contribution in [-0.2, 0) is 16.0 Å². The van der Waals surface area contributed by atoms with Gasteiger partial charge in [-0.25, -0.2) is 0 Å². The van der Waals surface area contributed by atoms with Crippen LogP contribution in [0.5, 0.6) is 0 Å². The molecule has 0 aromatic heterocycles. The van der Waals surface area contributed by atoms with E-state index in [9.17, 15) is 4.79 Å². The van der Waals surface area contributed by atoms with Crippen molar-refractivity contribution in [1.29, 1.82) is 0 Å². The lowest BCUT2D eigenvalue weighted by atomic mass is 9.96. The van der Waals surface area contributed by atoms with E-state index in [0.29, 0.717) is 12.0 Å². The van der Waals surface area contributed by atoms with Gasteiger partial charge in [-0.1, -0.05) is 57.4 Å². The maximum atomic E-state index is 12.3. The van der Waals surface area contributed by atoms with Crippen LogP contribution >= 0.6 is 0 Å². The van der Waals surface area contributed by atoms with Gasteiger partial charge in [0.1, 0.15) is 0 Å². The van der Waals surface area contributed by atoms with E-state index in [1.165, 1.54) is 24.8 Å². The summed E-state index contributed by atoms with van der Waals surface area (Å²) in [7, 11) is 0. The second kappa shape index (κ2) is 12.9. The molecule has 1 aromatic rings. The molecule has 1 N–H and O–H groups in total. The maximum absolute atomic E-state index is 12.3. The molecule has 0 aliphatic rings. The third-order valence-corrected chi connectivity index (χ3v) is 4.59. The zero-order valence-corrected chi connectivity index (χ0v) is 17.5. The number of amides is 1. The number of carbonyl (C=O) groups excluding carboxylic acids is 1. The Labute approximate surface area is 160 Å². The van der Waals surface area contributed by atoms with Crippen LogP contribution in [0.15, 0.2) is 24.3 Å². The van der Waals surface area contributed by atoms with E-state index in [1.807, 2.05) is 6.92 Å². The third-order valence-electron chi connectivity index (χ3n) is 4.59. The molecule has 0 aliphatic heterocycles. The summed E-state index contributed by atoms with van der Waals surface area (Å²) in [6, 6.07) is 8.51. The van der Waals surface area contributed by atoms with Gasteiger partial charge in [-0.3, -0.25) is 4.79 Å². The summed E-state index contributed by atoms with van der Waals surface area (Å²) in [5, 5.41) is 3.08. The number of nitrogens with one attached hydrogen (secondary N) is 1. The summed E-state index contributed by atoms with van der Waals surface area (Å²) < 4.78 is 5.54. The topological polar surface area (TPSA) is 38.3 Å². The number of hydrogen-bond acceptors (Lipinski definition) is 2. The highest BCUT2D eigenvalue weighted by Crippen LogP contribution is 2.17. The summed E-state index contributed by atoms with van der Waals surface area (Å²) >= 11 is 0. The molecule has 148 valence electrons. The Hall–Kier alpha value is -1.35. The third kappa shape index (κ3) is 9.96. The first-order valence-electron chi connectivity index (χ1n) is 10.4. The van der Waals surface area contributed by atoms with Gasteiger partial charge in [-0.05, 0) is 57.1 Å². The molecule has 0 fully saturated rings. The van der Waals surface area contributed by atoms with E-state index in [0.717, 1.165) is 38.0 Å². The van der Waals surface area contributed by atoms with Gasteiger partial charge in [-0.15, -0.1) is 0 Å². The minimum Gasteiger partial charge on any atom is -0.379 e. The smallest absolute Gasteiger partial charge is 0.227 e. The van der Waals surface area contributed by atoms with E-state index in [2.05, 4.69) is 57.3 Å². The first-order chi connectivity index (χ1) is 12.4. The molecule has 3 heteroatoms. The summed E-state index contributed by atoms with van der Waals surface area (Å²) in [5.74, 6) is 0.701. The van der Waals surface area contributed by atoms with Crippen molar-refractivity contribution in [1.82, 2.24) is 5.32 Å². The molecule has 0 radical (unpaired) electrons. The molecule has 0 aliphatic carbocycles. The van der Waals surface area contributed by atoms with Crippen molar-refractivity contribution >= 4 is 5.91 Å². The Balaban J connectivity index is 2.16. The van der Waals surface area contributed by atoms with Crippen LogP contribution in [0.1, 0.15) is 83.8 Å². The number of ether oxygens (including phenoxy) is 1. The number of rotatable bonds is 13. The van der Waals surface area contributed by atoms with Crippen molar-refractivity contribution in [3.63, 3.8) is 0 Å². The highest BCUT2D eigenvalue weighted by Gasteiger charge is 2.14. The van der Waals surface area contributed by atoms with Crippen molar-refractivity contribution in [2.24, 2.45) is 5.92 Å². The molecule has 3 nitrogen and oxygen atoms in total. The fourth-order valence-electron chi connectivity index (χ4n) is 3.01. The van der Waals surface area contributed by atoms with Gasteiger partial charge in [0.05, 0.1) is 12.0 Å². The molecule has 0 unspecified atom stereocenters. The molecule has 1 atom stereocenters. The van der Waals surface area contributed by atoms with Gasteiger partial charge < -0.3 is 10.1 Å². The highest BCUT2D eigenvalue weighted by atomic mass is 16.5. The van der Waals surface area contributed by atoms with Gasteiger partial charge in [0.15, 0.2) is 0 Å². The molecular formula is C23H39NO2. The van der Waals surface area contributed by atoms with Crippen molar-refractivity contribution in [3.8, 4) is 0 Å². The number of hydrogen-bond donors (Lipinski definition) is 1. The van der Waals surface area contributed by atoms with Crippen LogP contribution in [0.4, 0.5) is 0 Å². The predicted octanol–water partition coefficient (Wildman–Crippen LogP) is 5.48. The van der Waals surface area contributed by atoms with Crippen LogP contribution in [0, 0.1) is 5.92 Å². The van der Waals surface area contributed by atoms with Crippen LogP contribution < -0.4 is 5.32 Å². The maximum Gasteiger partial charge on any atom is 0.227 e. The average molecular weight is 362 g/mol. The summed E-state index contributed by atoms with van der Waals surface area (Å²) in [5.41, 5.74) is 2.44. The van der Waals surface area contributed by atoms with Gasteiger partial charge >= 0.3 is 0 Å². The van der Waals surface area contributed by atoms with Gasteiger partial charge in [-0.2, -0.15) is 0 Å². The zero-order chi connectivity index (χ0) is 19.4. The standard InChI is InChI=1S/C23H39NO2/c1-18(2)17-21-11-13-22(14-12-21)20(5)23(25)24-15-9-7-6-8-10-16-26-19(3)4/h11-14,18-20H,6-10,15-17H2,1-5H3,(H,24,25)/t20-/m1/s1. The van der Waals surface area contributed by atoms with E-state index in [4.69, 9.17) is 4.74 Å². The average Bonchev–Trinajstić information content (AvgIpc) is 2.59. The number of carbonyl (C=O) groups is 1. The Morgan fingerprint density at radius 2 is 1.54 bits per heavy atom. The van der Waals surface area contributed by atoms with Gasteiger partial charge in [0.25, 0.3) is 0 Å². The van der Waals surface area contributed by atoms with Gasteiger partial charge in [0.2, 0.25) is 5.91 Å². The normalized spacial score (nSPS) is 12.6. The Morgan fingerprint density at radius 3 is 2.15 bits per heavy atom. The first-order valence-corrected chi connectivity index (χ1v) is 10.4. The summed E-state index contributed by atoms with van der Waals surface area (Å²) in [6.45, 7) is 12.2. The lowest BCUT2D eigenvalue weighted by Gasteiger charge is -2.14. The molecule has 1 aromatic carbocycles. The van der Waals surface area contributed by atoms with Crippen molar-refractivity contribution < 1.29 is 9.53 Å². The van der Waals surface area contributed by atoms with Crippen LogP contribution in [0.25, 0.3) is 0 Å². The van der Waals surface area contributed by atoms with Crippen LogP contribution in [0.2, 0.25) is 0 Å². The lowest BCUT2D eigenvalue weighted by Crippen LogP contribution is -2.28. The Bertz CT molecular complexity index is 493. The Kier molecular flexibility index (Phi) is 11.3. The lowest BCUT2D eigenvalue weighted by molar-refractivity contribution is -0.122. The molecule has 0 heterocycles. The number of benzene rings is 1. The Morgan fingerprint density at radius 1 is 0.923 bits per heavy atom. The highest BCUT2D eigenvalue weighted by molar-refractivity contribution is 5.83. The molecule has 0 spiro atoms. The molecule has 0 saturated heterocycles. The van der Waals surface area contributed by atoms with Crippen molar-refractivity contribution in [2.45, 2.75) is 85.2 Å². The zero-order valence-electron chi connectivity index (χ0n) is 17.5. The van der Waals surface area contributed by atoms with Crippen LogP contribution in [-0.4, -0.2) is 25.2 Å². The molecule has 0 saturated carbocycles. The largest absolute Gasteiger partial charge is 0.379 e. The van der Waals surface area contributed by atoms with E-state index < -0.39 is 0 Å². The van der Waals surface area contributed by atoms with Crippen LogP contribution in [0.3, 0.4) is 0 Å². The molecule has 26 heavy (non-hydrogen) atoms. The second-order valence-electron chi connectivity index (χ2n) is 8.04. The monoisotopic (exact) mass is 361 g/mol. The minimum atomic E-state index is -0.0868. The quantitative estimate of drug-likeness (QED) is 0.472. The fourth-order valence-corrected chi connectivity index (χ4v) is 3.01. The molecule has 1 rings (SSSR count). The molecule has 1 amide bonds. The first kappa shape index (κ1) is 22.7. The fraction of sp³-hybridized carbons (Fsp3) is 0.696. The van der Waals surface area contributed by atoms with E-state index in [-0.39, 0.29) is 11.8 Å². The number of unbranched alkanes of at least 4 members (excludes halogenated alkanes) is 4. The van der Waals surface area contributed by atoms with Crippen molar-refractivity contribution in [3.05, 3.63) is 35.4 Å². The predicted molar refractivity (Wildman–Crippen MR) is 111 cm³/mol. The van der Waals surface area contributed by atoms with E-state index in [1.54, 1.807) is 0 Å². The summed E-state index contributed by atoms with van der Waals surface area (Å²) in [6.07, 6.45) is 7.19. The van der Waals surface area contributed by atoms with Crippen molar-refractivity contribution in [2.75, 3.05) is 13.2 Å². The second-order valence-corrected chi connectivity index (χ2v) is 8.04. The summed E-state index contributed by atoms with van der Waals surface area (Å²) in [4.78, 5) is 12.3. The minimum absolute atomic E-state index is 0.0868. The molecular weight excluding hydrogens is 322 g/mol. The SMILES string of the molecule is CC(C)Cc1ccc([C@@H](C)C(=O)NCCCCCCCOC(C)C)cc1. The van der Waals surface area contributed by atoms with E-state index >= 15 is 0 Å².